The van der Waals surface area contributed by atoms with Gasteiger partial charge in [0, 0.05) is 21.9 Å². The molecule has 0 unspecified atom stereocenters. The van der Waals surface area contributed by atoms with Gasteiger partial charge >= 0.3 is 0 Å². The maximum atomic E-state index is 14.4. The molecule has 0 aromatic heterocycles. The van der Waals surface area contributed by atoms with E-state index in [1.54, 1.807) is 24.3 Å². The second-order valence-corrected chi connectivity index (χ2v) is 13.4. The molecule has 0 N–H and O–H groups in total. The van der Waals surface area contributed by atoms with E-state index in [2.05, 4.69) is 6.08 Å². The number of halogens is 2. The van der Waals surface area contributed by atoms with Crippen LogP contribution in [0.5, 0.6) is 0 Å². The normalized spacial score (nSPS) is 30.3. The van der Waals surface area contributed by atoms with Crippen molar-refractivity contribution >= 4 is 63.8 Å². The number of rotatable bonds is 3. The lowest BCUT2D eigenvalue weighted by Crippen LogP contribution is -2.51. The van der Waals surface area contributed by atoms with Gasteiger partial charge in [0.1, 0.15) is 0 Å². The number of fused-ring (bicyclic) bond motifs is 1. The van der Waals surface area contributed by atoms with E-state index in [0.29, 0.717) is 27.8 Å². The number of allylic oxidation sites excluding steroid dienone is 4. The Kier molecular flexibility index (Phi) is 6.10. The molecule has 0 radical (unpaired) electrons. The summed E-state index contributed by atoms with van der Waals surface area (Å²) in [6.45, 7) is 3.74. The zero-order valence-corrected chi connectivity index (χ0v) is 25.5. The van der Waals surface area contributed by atoms with E-state index in [0.717, 1.165) is 27.8 Å². The van der Waals surface area contributed by atoms with Gasteiger partial charge in [-0.15, -0.1) is 0 Å². The highest BCUT2D eigenvalue weighted by Gasteiger charge is 2.67. The second kappa shape index (κ2) is 9.75. The van der Waals surface area contributed by atoms with Crippen molar-refractivity contribution in [3.05, 3.63) is 111 Å². The van der Waals surface area contributed by atoms with E-state index in [-0.39, 0.29) is 35.5 Å². The Hall–Kier alpha value is -4.00. The molecular weight excluding hydrogens is 595 g/mol. The van der Waals surface area contributed by atoms with Gasteiger partial charge < -0.3 is 0 Å². The van der Waals surface area contributed by atoms with E-state index in [9.17, 15) is 19.2 Å². The third kappa shape index (κ3) is 3.67. The third-order valence-corrected chi connectivity index (χ3v) is 11.3. The number of aryl methyl sites for hydroxylation is 2. The maximum Gasteiger partial charge on any atom is 0.238 e. The Labute approximate surface area is 264 Å². The Morgan fingerprint density at radius 2 is 1.20 bits per heavy atom. The van der Waals surface area contributed by atoms with Crippen LogP contribution in [-0.2, 0) is 19.2 Å². The van der Waals surface area contributed by atoms with Gasteiger partial charge in [0.15, 0.2) is 0 Å². The van der Waals surface area contributed by atoms with Crippen LogP contribution < -0.4 is 9.80 Å². The predicted molar refractivity (Wildman–Crippen MR) is 169 cm³/mol. The van der Waals surface area contributed by atoms with Gasteiger partial charge in [-0.2, -0.15) is 0 Å². The summed E-state index contributed by atoms with van der Waals surface area (Å²) in [6, 6.07) is 20.4. The van der Waals surface area contributed by atoms with Gasteiger partial charge in [0.05, 0.1) is 35.0 Å². The van der Waals surface area contributed by atoms with E-state index in [4.69, 9.17) is 23.2 Å². The molecule has 2 saturated heterocycles. The molecule has 3 aromatic carbocycles. The van der Waals surface area contributed by atoms with Crippen LogP contribution in [0.1, 0.15) is 23.1 Å². The quantitative estimate of drug-likeness (QED) is 0.237. The Morgan fingerprint density at radius 1 is 0.636 bits per heavy atom. The Balaban J connectivity index is 1.28. The Bertz CT molecular complexity index is 1880. The van der Waals surface area contributed by atoms with Crippen molar-refractivity contribution < 1.29 is 19.2 Å². The number of hydrogen-bond donors (Lipinski definition) is 0. The lowest BCUT2D eigenvalue weighted by molar-refractivity contribution is -0.129. The largest absolute Gasteiger partial charge is 0.274 e. The summed E-state index contributed by atoms with van der Waals surface area (Å²) in [6.07, 6.45) is 4.45. The second-order valence-electron chi connectivity index (χ2n) is 12.6. The first-order valence-corrected chi connectivity index (χ1v) is 15.7. The number of imide groups is 2. The molecule has 220 valence electrons. The minimum Gasteiger partial charge on any atom is -0.274 e. The molecule has 6 aliphatic rings. The number of carbonyl (C=O) groups is 4. The third-order valence-electron chi connectivity index (χ3n) is 10.5. The van der Waals surface area contributed by atoms with Crippen molar-refractivity contribution in [2.75, 3.05) is 9.80 Å². The van der Waals surface area contributed by atoms with Crippen molar-refractivity contribution in [1.82, 2.24) is 0 Å². The zero-order chi connectivity index (χ0) is 30.6. The fourth-order valence-electron chi connectivity index (χ4n) is 8.47. The molecule has 0 spiro atoms. The van der Waals surface area contributed by atoms with Crippen molar-refractivity contribution in [2.45, 2.75) is 20.3 Å². The summed E-state index contributed by atoms with van der Waals surface area (Å²) in [5.41, 5.74) is 5.60. The van der Waals surface area contributed by atoms with Crippen molar-refractivity contribution in [3.8, 4) is 0 Å². The van der Waals surface area contributed by atoms with Gasteiger partial charge in [-0.05, 0) is 72.7 Å². The number of nitrogens with zero attached hydrogens (tertiary/aromatic N) is 2. The fourth-order valence-corrected chi connectivity index (χ4v) is 8.82. The molecule has 44 heavy (non-hydrogen) atoms. The molecule has 2 bridgehead atoms. The number of anilines is 2. The van der Waals surface area contributed by atoms with Crippen molar-refractivity contribution in [1.29, 1.82) is 0 Å². The molecule has 1 saturated carbocycles. The SMILES string of the molecule is Cc1ccc(N2C(=O)[C@H]3[C@@H]4C=C[C@H](C5=C(c6ccccc6)C[C@H]6C(=O)N(c7ccc(C)c(Cl)c7)C(=O)[C@@H]6[C@@H]54)[C@H]3C2=O)cc1Cl. The highest BCUT2D eigenvalue weighted by atomic mass is 35.5. The first-order valence-electron chi connectivity index (χ1n) is 14.9. The minimum absolute atomic E-state index is 0.246. The smallest absolute Gasteiger partial charge is 0.238 e. The molecular formula is C36H28Cl2N2O4. The Morgan fingerprint density at radius 3 is 1.82 bits per heavy atom. The number of amides is 4. The van der Waals surface area contributed by atoms with Crippen LogP contribution in [0.2, 0.25) is 10.0 Å². The van der Waals surface area contributed by atoms with Crippen LogP contribution in [0.15, 0.2) is 84.5 Å². The molecule has 3 fully saturated rings. The molecule has 4 aliphatic carbocycles. The first kappa shape index (κ1) is 27.5. The maximum absolute atomic E-state index is 14.4. The van der Waals surface area contributed by atoms with Gasteiger partial charge in [-0.25, -0.2) is 9.80 Å². The highest BCUT2D eigenvalue weighted by molar-refractivity contribution is 6.33. The molecule has 2 heterocycles. The van der Waals surface area contributed by atoms with Gasteiger partial charge in [0.25, 0.3) is 0 Å². The van der Waals surface area contributed by atoms with Gasteiger partial charge in [0.2, 0.25) is 23.6 Å². The number of benzene rings is 3. The molecule has 2 aliphatic heterocycles. The van der Waals surface area contributed by atoms with Crippen molar-refractivity contribution in [2.24, 2.45) is 41.4 Å². The van der Waals surface area contributed by atoms with Crippen LogP contribution in [-0.4, -0.2) is 23.6 Å². The topological polar surface area (TPSA) is 74.8 Å². The fraction of sp³-hybridized carbons (Fsp3) is 0.278. The van der Waals surface area contributed by atoms with Gasteiger partial charge in [-0.3, -0.25) is 19.2 Å². The molecule has 8 heteroatoms. The van der Waals surface area contributed by atoms with E-state index in [1.165, 1.54) is 9.80 Å². The first-order chi connectivity index (χ1) is 21.2. The van der Waals surface area contributed by atoms with E-state index < -0.39 is 29.6 Å². The zero-order valence-electron chi connectivity index (χ0n) is 24.0. The lowest BCUT2D eigenvalue weighted by atomic mass is 9.49. The van der Waals surface area contributed by atoms with Crippen LogP contribution in [0, 0.1) is 55.3 Å². The molecule has 6 nitrogen and oxygen atoms in total. The van der Waals surface area contributed by atoms with Crippen LogP contribution in [0.25, 0.3) is 5.57 Å². The summed E-state index contributed by atoms with van der Waals surface area (Å²) in [5, 5.41) is 0.964. The summed E-state index contributed by atoms with van der Waals surface area (Å²) in [4.78, 5) is 59.4. The standard InChI is InChI=1S/C36H28Cl2N2O4/c1-17-8-10-20(14-26(17)37)39-33(41)25-16-24(19-6-4-3-5-7-19)28-22-12-13-23(29(28)32(25)36(39)44)31-30(22)34(42)40(35(31)43)21-11-9-18(2)27(38)15-21/h3-15,22-23,25,29-32H,16H2,1-2H3/t22-,23-,25-,29-,30-,31+,32+/m1/s1. The molecule has 7 atom stereocenters. The summed E-state index contributed by atoms with van der Waals surface area (Å²) >= 11 is 12.8. The predicted octanol–water partition coefficient (Wildman–Crippen LogP) is 6.81. The monoisotopic (exact) mass is 622 g/mol. The average molecular weight is 624 g/mol. The minimum atomic E-state index is -0.644. The van der Waals surface area contributed by atoms with Crippen LogP contribution in [0.4, 0.5) is 11.4 Å². The average Bonchev–Trinajstić information content (AvgIpc) is 3.45. The molecule has 3 aromatic rings. The lowest BCUT2D eigenvalue weighted by Gasteiger charge is -2.51. The van der Waals surface area contributed by atoms with E-state index >= 15 is 0 Å². The molecule has 4 amide bonds. The molecule has 9 rings (SSSR count). The van der Waals surface area contributed by atoms with E-state index in [1.807, 2.05) is 62.4 Å². The van der Waals surface area contributed by atoms with Crippen LogP contribution >= 0.6 is 23.2 Å². The number of carbonyl (C=O) groups excluding carboxylic acids is 4. The van der Waals surface area contributed by atoms with Gasteiger partial charge in [-0.1, -0.05) is 83.4 Å². The number of hydrogen-bond acceptors (Lipinski definition) is 4. The summed E-state index contributed by atoms with van der Waals surface area (Å²) in [5.74, 6) is -4.65. The van der Waals surface area contributed by atoms with Crippen LogP contribution in [0.3, 0.4) is 0 Å². The summed E-state index contributed by atoms with van der Waals surface area (Å²) in [7, 11) is 0. The summed E-state index contributed by atoms with van der Waals surface area (Å²) < 4.78 is 0. The highest BCUT2D eigenvalue weighted by Crippen LogP contribution is 2.63. The van der Waals surface area contributed by atoms with Crippen molar-refractivity contribution in [3.63, 3.8) is 0 Å².